The summed E-state index contributed by atoms with van der Waals surface area (Å²) in [5, 5.41) is 5.56. The lowest BCUT2D eigenvalue weighted by atomic mass is 10.1. The first-order valence-corrected chi connectivity index (χ1v) is 6.75. The van der Waals surface area contributed by atoms with Gasteiger partial charge in [0.05, 0.1) is 0 Å². The monoisotopic (exact) mass is 262 g/mol. The number of benzene rings is 1. The summed E-state index contributed by atoms with van der Waals surface area (Å²) in [6, 6.07) is 7.40. The van der Waals surface area contributed by atoms with Crippen molar-refractivity contribution in [2.45, 2.75) is 33.1 Å². The van der Waals surface area contributed by atoms with Crippen molar-refractivity contribution in [3.8, 4) is 0 Å². The van der Waals surface area contributed by atoms with Crippen LogP contribution in [-0.2, 0) is 4.79 Å². The second kappa shape index (κ2) is 8.29. The molecule has 0 saturated heterocycles. The molecule has 0 aliphatic rings. The maximum Gasteiger partial charge on any atom is 0.251 e. The molecule has 19 heavy (non-hydrogen) atoms. The summed E-state index contributed by atoms with van der Waals surface area (Å²) in [6.07, 6.45) is 2.47. The third-order valence-electron chi connectivity index (χ3n) is 2.80. The van der Waals surface area contributed by atoms with E-state index in [0.29, 0.717) is 25.1 Å². The number of hydrogen-bond donors (Lipinski definition) is 2. The van der Waals surface area contributed by atoms with Gasteiger partial charge >= 0.3 is 0 Å². The third-order valence-corrected chi connectivity index (χ3v) is 2.80. The second-order valence-electron chi connectivity index (χ2n) is 4.58. The van der Waals surface area contributed by atoms with Crippen LogP contribution < -0.4 is 10.6 Å². The lowest BCUT2D eigenvalue weighted by molar-refractivity contribution is -0.121. The number of unbranched alkanes of at least 4 members (excludes halogenated alkanes) is 1. The number of amides is 2. The maximum atomic E-state index is 11.7. The molecule has 0 spiro atoms. The fourth-order valence-electron chi connectivity index (χ4n) is 1.61. The van der Waals surface area contributed by atoms with Crippen LogP contribution in [0.25, 0.3) is 0 Å². The van der Waals surface area contributed by atoms with Gasteiger partial charge in [-0.1, -0.05) is 31.0 Å². The van der Waals surface area contributed by atoms with Crippen molar-refractivity contribution in [3.05, 3.63) is 35.4 Å². The van der Waals surface area contributed by atoms with Crippen molar-refractivity contribution >= 4 is 11.8 Å². The van der Waals surface area contributed by atoms with Crippen LogP contribution in [0.5, 0.6) is 0 Å². The van der Waals surface area contributed by atoms with E-state index in [4.69, 9.17) is 0 Å². The van der Waals surface area contributed by atoms with Crippen molar-refractivity contribution in [1.29, 1.82) is 0 Å². The first-order valence-electron chi connectivity index (χ1n) is 6.75. The molecule has 0 bridgehead atoms. The molecule has 0 atom stereocenters. The van der Waals surface area contributed by atoms with Crippen LogP contribution in [0.15, 0.2) is 24.3 Å². The zero-order valence-corrected chi connectivity index (χ0v) is 11.7. The van der Waals surface area contributed by atoms with Crippen LogP contribution in [-0.4, -0.2) is 24.9 Å². The Balaban J connectivity index is 2.20. The highest BCUT2D eigenvalue weighted by atomic mass is 16.2. The molecular weight excluding hydrogens is 240 g/mol. The van der Waals surface area contributed by atoms with Gasteiger partial charge in [0.1, 0.15) is 0 Å². The Morgan fingerprint density at radius 2 is 1.68 bits per heavy atom. The zero-order valence-electron chi connectivity index (χ0n) is 11.7. The number of carbonyl (C=O) groups excluding carboxylic acids is 2. The molecule has 1 rings (SSSR count). The zero-order chi connectivity index (χ0) is 14.1. The standard InChI is InChI=1S/C15H22N2O2/c1-3-4-5-14(18)16-10-11-17-15(19)13-8-6-12(2)7-9-13/h6-9H,3-5,10-11H2,1-2H3,(H,16,18)(H,17,19). The SMILES string of the molecule is CCCCC(=O)NCCNC(=O)c1ccc(C)cc1. The third kappa shape index (κ3) is 6.04. The highest BCUT2D eigenvalue weighted by Gasteiger charge is 2.04. The molecule has 0 radical (unpaired) electrons. The largest absolute Gasteiger partial charge is 0.354 e. The smallest absolute Gasteiger partial charge is 0.251 e. The average Bonchev–Trinajstić information content (AvgIpc) is 2.41. The second-order valence-corrected chi connectivity index (χ2v) is 4.58. The average molecular weight is 262 g/mol. The normalized spacial score (nSPS) is 10.0. The van der Waals surface area contributed by atoms with Gasteiger partial charge in [0.2, 0.25) is 5.91 Å². The fraction of sp³-hybridized carbons (Fsp3) is 0.467. The molecule has 0 aromatic heterocycles. The van der Waals surface area contributed by atoms with E-state index in [2.05, 4.69) is 17.6 Å². The van der Waals surface area contributed by atoms with E-state index in [1.54, 1.807) is 12.1 Å². The predicted octanol–water partition coefficient (Wildman–Crippen LogP) is 2.03. The molecule has 2 N–H and O–H groups in total. The van der Waals surface area contributed by atoms with Crippen LogP contribution in [0.1, 0.15) is 42.1 Å². The number of nitrogens with one attached hydrogen (secondary N) is 2. The number of carbonyl (C=O) groups is 2. The first kappa shape index (κ1) is 15.2. The van der Waals surface area contributed by atoms with Crippen molar-refractivity contribution in [2.24, 2.45) is 0 Å². The van der Waals surface area contributed by atoms with Gasteiger partial charge in [0.25, 0.3) is 5.91 Å². The topological polar surface area (TPSA) is 58.2 Å². The summed E-state index contributed by atoms with van der Waals surface area (Å²) >= 11 is 0. The van der Waals surface area contributed by atoms with E-state index in [9.17, 15) is 9.59 Å². The van der Waals surface area contributed by atoms with E-state index in [0.717, 1.165) is 18.4 Å². The molecule has 0 fully saturated rings. The quantitative estimate of drug-likeness (QED) is 0.739. The van der Waals surface area contributed by atoms with E-state index in [1.807, 2.05) is 19.1 Å². The van der Waals surface area contributed by atoms with Gasteiger partial charge in [0, 0.05) is 25.1 Å². The summed E-state index contributed by atoms with van der Waals surface area (Å²) in [6.45, 7) is 4.95. The molecular formula is C15H22N2O2. The van der Waals surface area contributed by atoms with Gasteiger partial charge in [-0.15, -0.1) is 0 Å². The lowest BCUT2D eigenvalue weighted by Gasteiger charge is -2.07. The highest BCUT2D eigenvalue weighted by molar-refractivity contribution is 5.94. The number of hydrogen-bond acceptors (Lipinski definition) is 2. The fourth-order valence-corrected chi connectivity index (χ4v) is 1.61. The molecule has 2 amide bonds. The molecule has 0 aliphatic heterocycles. The summed E-state index contributed by atoms with van der Waals surface area (Å²) in [7, 11) is 0. The highest BCUT2D eigenvalue weighted by Crippen LogP contribution is 2.02. The molecule has 1 aromatic rings. The number of rotatable bonds is 7. The Kier molecular flexibility index (Phi) is 6.64. The summed E-state index contributed by atoms with van der Waals surface area (Å²) in [4.78, 5) is 23.1. The summed E-state index contributed by atoms with van der Waals surface area (Å²) in [5.74, 6) is -0.0609. The minimum absolute atomic E-state index is 0.0476. The molecule has 104 valence electrons. The van der Waals surface area contributed by atoms with E-state index in [1.165, 1.54) is 0 Å². The molecule has 4 nitrogen and oxygen atoms in total. The molecule has 0 saturated carbocycles. The minimum atomic E-state index is -0.109. The van der Waals surface area contributed by atoms with E-state index < -0.39 is 0 Å². The van der Waals surface area contributed by atoms with Crippen molar-refractivity contribution in [2.75, 3.05) is 13.1 Å². The minimum Gasteiger partial charge on any atom is -0.354 e. The van der Waals surface area contributed by atoms with Crippen LogP contribution in [0.2, 0.25) is 0 Å². The van der Waals surface area contributed by atoms with Crippen LogP contribution >= 0.6 is 0 Å². The van der Waals surface area contributed by atoms with Crippen molar-refractivity contribution < 1.29 is 9.59 Å². The summed E-state index contributed by atoms with van der Waals surface area (Å²) in [5.41, 5.74) is 1.77. The van der Waals surface area contributed by atoms with Gasteiger partial charge in [0.15, 0.2) is 0 Å². The van der Waals surface area contributed by atoms with Crippen LogP contribution in [0.4, 0.5) is 0 Å². The Morgan fingerprint density at radius 1 is 1.05 bits per heavy atom. The van der Waals surface area contributed by atoms with Gasteiger partial charge in [-0.2, -0.15) is 0 Å². The van der Waals surface area contributed by atoms with Gasteiger partial charge in [-0.3, -0.25) is 9.59 Å². The first-order chi connectivity index (χ1) is 9.13. The molecule has 0 unspecified atom stereocenters. The predicted molar refractivity (Wildman–Crippen MR) is 76.0 cm³/mol. The van der Waals surface area contributed by atoms with Crippen molar-refractivity contribution in [1.82, 2.24) is 10.6 Å². The van der Waals surface area contributed by atoms with Gasteiger partial charge in [-0.25, -0.2) is 0 Å². The molecule has 1 aromatic carbocycles. The Labute approximate surface area is 114 Å². The van der Waals surface area contributed by atoms with Crippen molar-refractivity contribution in [3.63, 3.8) is 0 Å². The Bertz CT molecular complexity index is 413. The van der Waals surface area contributed by atoms with Gasteiger partial charge < -0.3 is 10.6 Å². The van der Waals surface area contributed by atoms with E-state index >= 15 is 0 Å². The maximum absolute atomic E-state index is 11.7. The summed E-state index contributed by atoms with van der Waals surface area (Å²) < 4.78 is 0. The van der Waals surface area contributed by atoms with E-state index in [-0.39, 0.29) is 11.8 Å². The number of aryl methyl sites for hydroxylation is 1. The van der Waals surface area contributed by atoms with Crippen LogP contribution in [0.3, 0.4) is 0 Å². The Morgan fingerprint density at radius 3 is 2.32 bits per heavy atom. The van der Waals surface area contributed by atoms with Gasteiger partial charge in [-0.05, 0) is 25.5 Å². The van der Waals surface area contributed by atoms with Crippen LogP contribution in [0, 0.1) is 6.92 Å². The lowest BCUT2D eigenvalue weighted by Crippen LogP contribution is -2.34. The molecule has 0 heterocycles. The Hall–Kier alpha value is -1.84. The molecule has 4 heteroatoms. The molecule has 0 aliphatic carbocycles.